The van der Waals surface area contributed by atoms with Gasteiger partial charge in [0, 0.05) is 53.5 Å². The van der Waals surface area contributed by atoms with Crippen molar-refractivity contribution in [3.8, 4) is 5.75 Å². The van der Waals surface area contributed by atoms with Gasteiger partial charge in [0.2, 0.25) is 0 Å². The van der Waals surface area contributed by atoms with Crippen LogP contribution in [-0.4, -0.2) is 64.5 Å². The van der Waals surface area contributed by atoms with Gasteiger partial charge in [0.25, 0.3) is 0 Å². The first-order valence-electron chi connectivity index (χ1n) is 10.5. The van der Waals surface area contributed by atoms with Gasteiger partial charge >= 0.3 is 0 Å². The summed E-state index contributed by atoms with van der Waals surface area (Å²) < 4.78 is 16.3. The lowest BCUT2D eigenvalue weighted by Gasteiger charge is -2.26. The molecule has 28 heavy (non-hydrogen) atoms. The summed E-state index contributed by atoms with van der Waals surface area (Å²) in [6, 6.07) is 8.18. The summed E-state index contributed by atoms with van der Waals surface area (Å²) in [7, 11) is 3.83. The van der Waals surface area contributed by atoms with Gasteiger partial charge in [-0.2, -0.15) is 0 Å². The SMILES string of the molecule is CCNC(=NCc1cccc(OCCCOC)c1)N(C)CCC1CCOCC1. The minimum Gasteiger partial charge on any atom is -0.493 e. The first-order valence-corrected chi connectivity index (χ1v) is 10.5. The molecule has 158 valence electrons. The van der Waals surface area contributed by atoms with Gasteiger partial charge in [0.05, 0.1) is 13.2 Å². The summed E-state index contributed by atoms with van der Waals surface area (Å²) in [6.45, 7) is 7.82. The molecule has 1 fully saturated rings. The zero-order valence-corrected chi connectivity index (χ0v) is 17.8. The summed E-state index contributed by atoms with van der Waals surface area (Å²) in [5, 5.41) is 3.41. The molecule has 0 saturated carbocycles. The second-order valence-corrected chi connectivity index (χ2v) is 7.28. The molecule has 2 rings (SSSR count). The van der Waals surface area contributed by atoms with Crippen LogP contribution in [-0.2, 0) is 16.0 Å². The number of nitrogens with one attached hydrogen (secondary N) is 1. The number of guanidine groups is 1. The van der Waals surface area contributed by atoms with Crippen molar-refractivity contribution in [1.82, 2.24) is 10.2 Å². The number of methoxy groups -OCH3 is 1. The van der Waals surface area contributed by atoms with E-state index in [1.54, 1.807) is 7.11 Å². The van der Waals surface area contributed by atoms with Crippen molar-refractivity contribution in [1.29, 1.82) is 0 Å². The molecule has 1 aliphatic rings. The van der Waals surface area contributed by atoms with Crippen LogP contribution in [0.5, 0.6) is 5.75 Å². The van der Waals surface area contributed by atoms with E-state index in [0.717, 1.165) is 62.5 Å². The molecule has 1 aromatic rings. The molecular formula is C22H37N3O3. The van der Waals surface area contributed by atoms with Crippen molar-refractivity contribution in [3.05, 3.63) is 29.8 Å². The maximum absolute atomic E-state index is 5.79. The Morgan fingerprint density at radius 2 is 2.11 bits per heavy atom. The number of hydrogen-bond donors (Lipinski definition) is 1. The average molecular weight is 392 g/mol. The molecule has 0 bridgehead atoms. The van der Waals surface area contributed by atoms with Crippen molar-refractivity contribution >= 4 is 5.96 Å². The third kappa shape index (κ3) is 8.48. The minimum atomic E-state index is 0.638. The molecule has 1 N–H and O–H groups in total. The number of aliphatic imine (C=N–C) groups is 1. The molecule has 0 atom stereocenters. The van der Waals surface area contributed by atoms with Gasteiger partial charge in [-0.15, -0.1) is 0 Å². The van der Waals surface area contributed by atoms with Crippen LogP contribution < -0.4 is 10.1 Å². The first-order chi connectivity index (χ1) is 13.7. The summed E-state index contributed by atoms with van der Waals surface area (Å²) in [5.41, 5.74) is 1.15. The number of hydrogen-bond acceptors (Lipinski definition) is 4. The fourth-order valence-electron chi connectivity index (χ4n) is 3.28. The topological polar surface area (TPSA) is 55.3 Å². The van der Waals surface area contributed by atoms with Crippen molar-refractivity contribution in [2.75, 3.05) is 53.7 Å². The highest BCUT2D eigenvalue weighted by molar-refractivity contribution is 5.79. The highest BCUT2D eigenvalue weighted by Gasteiger charge is 2.15. The molecule has 6 heteroatoms. The van der Waals surface area contributed by atoms with Crippen LogP contribution >= 0.6 is 0 Å². The second kappa shape index (κ2) is 13.4. The van der Waals surface area contributed by atoms with Crippen molar-refractivity contribution in [2.45, 2.75) is 39.2 Å². The van der Waals surface area contributed by atoms with Gasteiger partial charge in [0.1, 0.15) is 5.75 Å². The van der Waals surface area contributed by atoms with E-state index >= 15 is 0 Å². The third-order valence-electron chi connectivity index (χ3n) is 4.98. The fourth-order valence-corrected chi connectivity index (χ4v) is 3.28. The molecule has 6 nitrogen and oxygen atoms in total. The Hall–Kier alpha value is -1.79. The largest absolute Gasteiger partial charge is 0.493 e. The predicted molar refractivity (Wildman–Crippen MR) is 114 cm³/mol. The second-order valence-electron chi connectivity index (χ2n) is 7.28. The molecular weight excluding hydrogens is 354 g/mol. The van der Waals surface area contributed by atoms with Crippen LogP contribution in [0.4, 0.5) is 0 Å². The van der Waals surface area contributed by atoms with E-state index in [1.165, 1.54) is 19.3 Å². The standard InChI is InChI=1S/C22H37N3O3/c1-4-23-22(25(2)12-9-19-10-15-27-16-11-19)24-18-20-7-5-8-21(17-20)28-14-6-13-26-3/h5,7-8,17,19H,4,6,9-16,18H2,1-3H3,(H,23,24). The Kier molecular flexibility index (Phi) is 10.8. The third-order valence-corrected chi connectivity index (χ3v) is 4.98. The Morgan fingerprint density at radius 1 is 1.29 bits per heavy atom. The molecule has 1 aromatic carbocycles. The minimum absolute atomic E-state index is 0.638. The highest BCUT2D eigenvalue weighted by Crippen LogP contribution is 2.19. The van der Waals surface area contributed by atoms with Gasteiger partial charge in [0.15, 0.2) is 5.96 Å². The molecule has 1 heterocycles. The maximum atomic E-state index is 5.79. The molecule has 1 saturated heterocycles. The smallest absolute Gasteiger partial charge is 0.193 e. The molecule has 0 aliphatic carbocycles. The monoisotopic (exact) mass is 391 g/mol. The molecule has 1 aliphatic heterocycles. The molecule has 0 amide bonds. The Morgan fingerprint density at radius 3 is 2.86 bits per heavy atom. The van der Waals surface area contributed by atoms with Gasteiger partial charge in [-0.25, -0.2) is 4.99 Å². The van der Waals surface area contributed by atoms with Crippen LogP contribution in [0.2, 0.25) is 0 Å². The first kappa shape index (κ1) is 22.5. The molecule has 0 spiro atoms. The summed E-state index contributed by atoms with van der Waals surface area (Å²) in [6.07, 6.45) is 4.44. The van der Waals surface area contributed by atoms with E-state index < -0.39 is 0 Å². The lowest BCUT2D eigenvalue weighted by molar-refractivity contribution is 0.0625. The van der Waals surface area contributed by atoms with Crippen LogP contribution in [0.15, 0.2) is 29.3 Å². The highest BCUT2D eigenvalue weighted by atomic mass is 16.5. The lowest BCUT2D eigenvalue weighted by Crippen LogP contribution is -2.40. The number of ether oxygens (including phenoxy) is 3. The van der Waals surface area contributed by atoms with E-state index in [9.17, 15) is 0 Å². The van der Waals surface area contributed by atoms with Crippen molar-refractivity contribution in [3.63, 3.8) is 0 Å². The fraction of sp³-hybridized carbons (Fsp3) is 0.682. The van der Waals surface area contributed by atoms with E-state index in [0.29, 0.717) is 13.2 Å². The quantitative estimate of drug-likeness (QED) is 0.356. The van der Waals surface area contributed by atoms with E-state index in [1.807, 2.05) is 12.1 Å². The van der Waals surface area contributed by atoms with Gasteiger partial charge < -0.3 is 24.4 Å². The lowest BCUT2D eigenvalue weighted by atomic mass is 9.96. The predicted octanol–water partition coefficient (Wildman–Crippen LogP) is 3.32. The summed E-state index contributed by atoms with van der Waals surface area (Å²) in [4.78, 5) is 7.07. The van der Waals surface area contributed by atoms with E-state index in [4.69, 9.17) is 19.2 Å². The van der Waals surface area contributed by atoms with E-state index in [2.05, 4.69) is 36.3 Å². The van der Waals surface area contributed by atoms with Crippen molar-refractivity contribution in [2.24, 2.45) is 10.9 Å². The summed E-state index contributed by atoms with van der Waals surface area (Å²) in [5.74, 6) is 2.62. The van der Waals surface area contributed by atoms with Gasteiger partial charge in [-0.1, -0.05) is 12.1 Å². The van der Waals surface area contributed by atoms with Crippen LogP contribution in [0.3, 0.4) is 0 Å². The Balaban J connectivity index is 1.86. The average Bonchev–Trinajstić information content (AvgIpc) is 2.73. The van der Waals surface area contributed by atoms with Crippen LogP contribution in [0.1, 0.15) is 38.2 Å². The van der Waals surface area contributed by atoms with Gasteiger partial charge in [-0.05, 0) is 49.8 Å². The molecule has 0 aromatic heterocycles. The molecule has 0 unspecified atom stereocenters. The van der Waals surface area contributed by atoms with Crippen LogP contribution in [0.25, 0.3) is 0 Å². The maximum Gasteiger partial charge on any atom is 0.193 e. The Bertz CT molecular complexity index is 574. The van der Waals surface area contributed by atoms with E-state index in [-0.39, 0.29) is 0 Å². The zero-order valence-electron chi connectivity index (χ0n) is 17.8. The summed E-state index contributed by atoms with van der Waals surface area (Å²) >= 11 is 0. The normalized spacial score (nSPS) is 15.5. The Labute approximate surface area is 170 Å². The van der Waals surface area contributed by atoms with Gasteiger partial charge in [-0.3, -0.25) is 0 Å². The number of rotatable bonds is 11. The number of nitrogens with zero attached hydrogens (tertiary/aromatic N) is 2. The van der Waals surface area contributed by atoms with Crippen LogP contribution in [0, 0.1) is 5.92 Å². The molecule has 0 radical (unpaired) electrons. The number of benzene rings is 1. The van der Waals surface area contributed by atoms with Crippen molar-refractivity contribution < 1.29 is 14.2 Å². The zero-order chi connectivity index (χ0) is 20.0.